The minimum atomic E-state index is -0.476. The molecule has 2 aliphatic rings. The van der Waals surface area contributed by atoms with E-state index < -0.39 is 5.82 Å². The fourth-order valence-corrected chi connectivity index (χ4v) is 3.91. The Hall–Kier alpha value is -2.64. The van der Waals surface area contributed by atoms with Gasteiger partial charge in [-0.3, -0.25) is 0 Å². The van der Waals surface area contributed by atoms with Crippen molar-refractivity contribution in [1.82, 2.24) is 9.97 Å². The van der Waals surface area contributed by atoms with Crippen molar-refractivity contribution in [2.24, 2.45) is 11.3 Å². The topological polar surface area (TPSA) is 82.3 Å². The first-order valence-corrected chi connectivity index (χ1v) is 9.39. The lowest BCUT2D eigenvalue weighted by atomic mass is 10.1. The Morgan fingerprint density at radius 3 is 2.96 bits per heavy atom. The molecule has 2 heterocycles. The highest BCUT2D eigenvalue weighted by atomic mass is 35.5. The fourth-order valence-electron chi connectivity index (χ4n) is 3.72. The van der Waals surface area contributed by atoms with Crippen LogP contribution in [-0.2, 0) is 4.74 Å². The molecule has 28 heavy (non-hydrogen) atoms. The number of nitrogens with two attached hydrogens (primary N) is 1. The number of anilines is 3. The highest BCUT2D eigenvalue weighted by molar-refractivity contribution is 6.31. The van der Waals surface area contributed by atoms with Crippen LogP contribution in [0.4, 0.5) is 21.6 Å². The number of rotatable bonds is 5. The Bertz CT molecular complexity index is 1080. The Kier molecular flexibility index (Phi) is 4.03. The van der Waals surface area contributed by atoms with Gasteiger partial charge in [0, 0.05) is 22.6 Å². The summed E-state index contributed by atoms with van der Waals surface area (Å²) in [5.41, 5.74) is 8.20. The zero-order valence-corrected chi connectivity index (χ0v) is 15.7. The first-order valence-electron chi connectivity index (χ1n) is 9.01. The van der Waals surface area contributed by atoms with Gasteiger partial charge >= 0.3 is 0 Å². The molecule has 2 atom stereocenters. The maximum atomic E-state index is 13.4. The Labute approximate surface area is 165 Å². The monoisotopic (exact) mass is 400 g/mol. The molecule has 2 fully saturated rings. The molecule has 1 saturated carbocycles. The second-order valence-electron chi connectivity index (χ2n) is 7.45. The van der Waals surface area contributed by atoms with Gasteiger partial charge in [0.15, 0.2) is 0 Å². The summed E-state index contributed by atoms with van der Waals surface area (Å²) in [6, 6.07) is 7.99. The van der Waals surface area contributed by atoms with Gasteiger partial charge in [-0.1, -0.05) is 11.6 Å². The Balaban J connectivity index is 1.42. The van der Waals surface area contributed by atoms with E-state index in [4.69, 9.17) is 26.8 Å². The lowest BCUT2D eigenvalue weighted by Gasteiger charge is -2.16. The molecule has 3 aromatic rings. The van der Waals surface area contributed by atoms with Crippen LogP contribution in [-0.4, -0.2) is 29.8 Å². The predicted octanol–water partition coefficient (Wildman–Crippen LogP) is 4.16. The summed E-state index contributed by atoms with van der Waals surface area (Å²) in [6.45, 7) is 2.17. The largest absolute Gasteiger partial charge is 0.491 e. The molecule has 1 aromatic heterocycles. The molecule has 1 saturated heterocycles. The molecule has 144 valence electrons. The predicted molar refractivity (Wildman–Crippen MR) is 105 cm³/mol. The van der Waals surface area contributed by atoms with Gasteiger partial charge in [-0.05, 0) is 36.6 Å². The van der Waals surface area contributed by atoms with E-state index in [-0.39, 0.29) is 10.4 Å². The number of nitrogens with one attached hydrogen (secondary N) is 1. The molecule has 0 bridgehead atoms. The minimum absolute atomic E-state index is 0.0345. The van der Waals surface area contributed by atoms with Crippen LogP contribution in [0.15, 0.2) is 36.7 Å². The molecule has 8 heteroatoms. The molecule has 1 aliphatic heterocycles. The van der Waals surface area contributed by atoms with Gasteiger partial charge in [-0.15, -0.1) is 0 Å². The van der Waals surface area contributed by atoms with Gasteiger partial charge in [0.05, 0.1) is 36.0 Å². The maximum Gasteiger partial charge on any atom is 0.144 e. The molecular formula is C20H18ClFN4O2. The average molecular weight is 401 g/mol. The van der Waals surface area contributed by atoms with Gasteiger partial charge in [0.1, 0.15) is 23.7 Å². The number of hydrogen-bond donors (Lipinski definition) is 2. The van der Waals surface area contributed by atoms with Gasteiger partial charge in [-0.25, -0.2) is 14.4 Å². The highest BCUT2D eigenvalue weighted by Crippen LogP contribution is 2.57. The second kappa shape index (κ2) is 6.46. The molecule has 0 radical (unpaired) electrons. The van der Waals surface area contributed by atoms with Crippen LogP contribution >= 0.6 is 11.6 Å². The molecule has 0 unspecified atom stereocenters. The van der Waals surface area contributed by atoms with E-state index in [1.807, 2.05) is 6.07 Å². The summed E-state index contributed by atoms with van der Waals surface area (Å²) in [7, 11) is 0. The van der Waals surface area contributed by atoms with E-state index in [2.05, 4.69) is 15.3 Å². The third-order valence-electron chi connectivity index (χ3n) is 5.53. The van der Waals surface area contributed by atoms with Crippen LogP contribution in [0, 0.1) is 17.2 Å². The van der Waals surface area contributed by atoms with E-state index in [0.717, 1.165) is 25.0 Å². The van der Waals surface area contributed by atoms with Crippen molar-refractivity contribution in [3.05, 3.63) is 47.5 Å². The van der Waals surface area contributed by atoms with E-state index in [1.165, 1.54) is 18.5 Å². The second-order valence-corrected chi connectivity index (χ2v) is 7.86. The van der Waals surface area contributed by atoms with Gasteiger partial charge in [0.2, 0.25) is 0 Å². The zero-order chi connectivity index (χ0) is 19.3. The van der Waals surface area contributed by atoms with Crippen molar-refractivity contribution in [3.8, 4) is 5.75 Å². The van der Waals surface area contributed by atoms with Crippen molar-refractivity contribution >= 4 is 39.7 Å². The average Bonchev–Trinajstić information content (AvgIpc) is 3.23. The van der Waals surface area contributed by atoms with Crippen molar-refractivity contribution in [2.75, 3.05) is 30.9 Å². The van der Waals surface area contributed by atoms with Gasteiger partial charge < -0.3 is 20.5 Å². The number of ether oxygens (including phenoxy) is 2. The zero-order valence-electron chi connectivity index (χ0n) is 14.9. The number of halogens is 2. The quantitative estimate of drug-likeness (QED) is 0.626. The molecule has 6 nitrogen and oxygen atoms in total. The van der Waals surface area contributed by atoms with Crippen molar-refractivity contribution in [1.29, 1.82) is 0 Å². The Morgan fingerprint density at radius 1 is 1.32 bits per heavy atom. The summed E-state index contributed by atoms with van der Waals surface area (Å²) >= 11 is 5.85. The van der Waals surface area contributed by atoms with Gasteiger partial charge in [0.25, 0.3) is 0 Å². The summed E-state index contributed by atoms with van der Waals surface area (Å²) in [5, 5.41) is 3.91. The van der Waals surface area contributed by atoms with E-state index >= 15 is 0 Å². The van der Waals surface area contributed by atoms with Crippen molar-refractivity contribution < 1.29 is 13.9 Å². The number of fused-ring (bicyclic) bond motifs is 2. The highest BCUT2D eigenvalue weighted by Gasteiger charge is 2.59. The molecule has 0 amide bonds. The van der Waals surface area contributed by atoms with Crippen molar-refractivity contribution in [3.63, 3.8) is 0 Å². The van der Waals surface area contributed by atoms with Crippen LogP contribution in [0.3, 0.4) is 0 Å². The summed E-state index contributed by atoms with van der Waals surface area (Å²) in [4.78, 5) is 8.61. The normalized spacial score (nSPS) is 22.9. The fraction of sp³-hybridized carbons (Fsp3) is 0.300. The number of hydrogen-bond acceptors (Lipinski definition) is 6. The van der Waals surface area contributed by atoms with Crippen LogP contribution < -0.4 is 15.8 Å². The van der Waals surface area contributed by atoms with E-state index in [9.17, 15) is 4.39 Å². The molecule has 1 aliphatic carbocycles. The Morgan fingerprint density at radius 2 is 2.21 bits per heavy atom. The molecule has 0 spiro atoms. The first kappa shape index (κ1) is 17.5. The molecular weight excluding hydrogens is 383 g/mol. The lowest BCUT2D eigenvalue weighted by molar-refractivity contribution is 0.124. The SMILES string of the molecule is Nc1cc2c(Nc3ccc(F)c(Cl)c3)ncnc2cc1OC[C@]12COC[C@H]1C2. The summed E-state index contributed by atoms with van der Waals surface area (Å²) in [5.74, 6) is 1.29. The number of aromatic nitrogens is 2. The van der Waals surface area contributed by atoms with Crippen LogP contribution in [0.5, 0.6) is 5.75 Å². The number of nitrogens with zero attached hydrogens (tertiary/aromatic N) is 2. The number of nitrogen functional groups attached to an aromatic ring is 1. The molecule has 5 rings (SSSR count). The third-order valence-corrected chi connectivity index (χ3v) is 5.82. The van der Waals surface area contributed by atoms with E-state index in [1.54, 1.807) is 12.1 Å². The van der Waals surface area contributed by atoms with E-state index in [0.29, 0.717) is 41.0 Å². The molecule has 2 aromatic carbocycles. The van der Waals surface area contributed by atoms with Crippen LogP contribution in [0.2, 0.25) is 5.02 Å². The minimum Gasteiger partial charge on any atom is -0.491 e. The standard InChI is InChI=1S/C20H18ClFN4O2/c21-14-3-12(1-2-15(14)22)26-19-13-4-16(23)18(5-17(13)24-10-25-19)28-9-20-6-11(20)7-27-8-20/h1-5,10-11H,6-9,23H2,(H,24,25,26)/t11-,20+/m1/s1. The lowest BCUT2D eigenvalue weighted by Crippen LogP contribution is -2.17. The van der Waals surface area contributed by atoms with Crippen LogP contribution in [0.1, 0.15) is 6.42 Å². The smallest absolute Gasteiger partial charge is 0.144 e. The maximum absolute atomic E-state index is 13.4. The number of benzene rings is 2. The van der Waals surface area contributed by atoms with Crippen LogP contribution in [0.25, 0.3) is 10.9 Å². The molecule has 3 N–H and O–H groups in total. The summed E-state index contributed by atoms with van der Waals surface area (Å²) in [6.07, 6.45) is 2.60. The third kappa shape index (κ3) is 3.00. The summed E-state index contributed by atoms with van der Waals surface area (Å²) < 4.78 is 24.9. The first-order chi connectivity index (χ1) is 13.5. The van der Waals surface area contributed by atoms with Crippen molar-refractivity contribution in [2.45, 2.75) is 6.42 Å². The van der Waals surface area contributed by atoms with Gasteiger partial charge in [-0.2, -0.15) is 0 Å².